The van der Waals surface area contributed by atoms with E-state index in [1.807, 2.05) is 30.5 Å². The second-order valence-corrected chi connectivity index (χ2v) is 17.3. The lowest BCUT2D eigenvalue weighted by Gasteiger charge is -2.48. The van der Waals surface area contributed by atoms with Gasteiger partial charge in [0.2, 0.25) is 11.8 Å². The number of imide groups is 1. The fraction of sp³-hybridized carbons (Fsp3) is 0.467. The van der Waals surface area contributed by atoms with Gasteiger partial charge in [0.25, 0.3) is 5.91 Å². The molecule has 4 fully saturated rings. The van der Waals surface area contributed by atoms with Crippen molar-refractivity contribution in [3.8, 4) is 5.75 Å². The highest BCUT2D eigenvalue weighted by Crippen LogP contribution is 2.44. The molecule has 1 unspecified atom stereocenters. The first-order chi connectivity index (χ1) is 29.0. The summed E-state index contributed by atoms with van der Waals surface area (Å²) < 4.78 is 24.9. The van der Waals surface area contributed by atoms with Gasteiger partial charge in [0.1, 0.15) is 17.6 Å². The number of hydrogen-bond acceptors (Lipinski definition) is 8. The molecular formula is C45H50FN9O5. The molecule has 312 valence electrons. The number of anilines is 2. The van der Waals surface area contributed by atoms with E-state index in [2.05, 4.69) is 36.0 Å². The maximum Gasteiger partial charge on any atom is 0.329 e. The first-order valence-corrected chi connectivity index (χ1v) is 21.1. The van der Waals surface area contributed by atoms with Crippen molar-refractivity contribution in [3.63, 3.8) is 0 Å². The molecule has 0 radical (unpaired) electrons. The van der Waals surface area contributed by atoms with E-state index >= 15 is 0 Å². The van der Waals surface area contributed by atoms with Crippen LogP contribution in [0.3, 0.4) is 0 Å². The van der Waals surface area contributed by atoms with E-state index < -0.39 is 23.7 Å². The number of methoxy groups -OCH3 is 1. The topological polar surface area (TPSA) is 140 Å². The summed E-state index contributed by atoms with van der Waals surface area (Å²) in [5.41, 5.74) is 4.03. The number of carbonyl (C=O) groups excluding carboxylic acids is 3. The van der Waals surface area contributed by atoms with E-state index in [0.29, 0.717) is 29.2 Å². The third-order valence-electron chi connectivity index (χ3n) is 13.8. The second-order valence-electron chi connectivity index (χ2n) is 17.3. The molecule has 3 amide bonds. The average molecular weight is 816 g/mol. The Bertz CT molecular complexity index is 2600. The Morgan fingerprint density at radius 3 is 2.47 bits per heavy atom. The highest BCUT2D eigenvalue weighted by molar-refractivity contribution is 6.06. The molecule has 5 heterocycles. The van der Waals surface area contributed by atoms with E-state index in [-0.39, 0.29) is 35.3 Å². The van der Waals surface area contributed by atoms with Crippen LogP contribution in [0.4, 0.5) is 21.5 Å². The van der Waals surface area contributed by atoms with Gasteiger partial charge in [-0.1, -0.05) is 6.07 Å². The zero-order valence-electron chi connectivity index (χ0n) is 34.1. The van der Waals surface area contributed by atoms with Crippen molar-refractivity contribution in [2.75, 3.05) is 50.1 Å². The lowest BCUT2D eigenvalue weighted by Crippen LogP contribution is -2.48. The molecule has 9 rings (SSSR count). The molecule has 4 aliphatic rings. The van der Waals surface area contributed by atoms with Crippen LogP contribution in [-0.4, -0.2) is 81.4 Å². The zero-order valence-corrected chi connectivity index (χ0v) is 34.1. The molecule has 3 saturated heterocycles. The number of para-hydroxylation sites is 1. The third kappa shape index (κ3) is 7.42. The number of piperidine rings is 3. The lowest BCUT2D eigenvalue weighted by atomic mass is 9.71. The highest BCUT2D eigenvalue weighted by Gasteiger charge is 2.39. The molecule has 0 bridgehead atoms. The number of ether oxygens (including phenoxy) is 1. The fourth-order valence-electron chi connectivity index (χ4n) is 10.3. The van der Waals surface area contributed by atoms with Gasteiger partial charge in [0, 0.05) is 56.3 Å². The van der Waals surface area contributed by atoms with Crippen molar-refractivity contribution in [2.45, 2.75) is 76.3 Å². The predicted octanol–water partition coefficient (Wildman–Crippen LogP) is 6.73. The number of carbonyl (C=O) groups is 3. The van der Waals surface area contributed by atoms with Crippen LogP contribution in [0, 0.1) is 23.7 Å². The Hall–Kier alpha value is -6.01. The van der Waals surface area contributed by atoms with Crippen LogP contribution in [0.1, 0.15) is 86.6 Å². The summed E-state index contributed by atoms with van der Waals surface area (Å²) in [5.74, 6) is -0.786. The Labute approximate surface area is 347 Å². The molecule has 1 aliphatic carbocycles. The monoisotopic (exact) mass is 815 g/mol. The summed E-state index contributed by atoms with van der Waals surface area (Å²) in [6.45, 7) is 12.4. The van der Waals surface area contributed by atoms with Gasteiger partial charge in [-0.15, -0.1) is 0 Å². The third-order valence-corrected chi connectivity index (χ3v) is 13.8. The number of fused-ring (bicyclic) bond motifs is 2. The van der Waals surface area contributed by atoms with E-state index in [1.165, 1.54) is 26.0 Å². The van der Waals surface area contributed by atoms with Crippen LogP contribution in [0.5, 0.6) is 5.75 Å². The molecule has 1 spiro atoms. The number of likely N-dealkylation sites (tertiary alicyclic amines) is 1. The number of aryl methyl sites for hydroxylation is 1. The summed E-state index contributed by atoms with van der Waals surface area (Å²) >= 11 is 0. The molecular weight excluding hydrogens is 766 g/mol. The molecule has 1 atom stereocenters. The smallest absolute Gasteiger partial charge is 0.329 e. The van der Waals surface area contributed by atoms with Crippen LogP contribution in [0.15, 0.2) is 59.5 Å². The maximum atomic E-state index is 14.0. The van der Waals surface area contributed by atoms with Crippen LogP contribution < -0.4 is 26.0 Å². The van der Waals surface area contributed by atoms with Gasteiger partial charge in [-0.2, -0.15) is 5.10 Å². The Morgan fingerprint density at radius 2 is 1.75 bits per heavy atom. The number of amides is 3. The number of halogens is 1. The van der Waals surface area contributed by atoms with Crippen molar-refractivity contribution in [1.29, 1.82) is 0 Å². The van der Waals surface area contributed by atoms with Gasteiger partial charge in [0.15, 0.2) is 5.69 Å². The summed E-state index contributed by atoms with van der Waals surface area (Å²) in [4.78, 5) is 59.4. The van der Waals surface area contributed by atoms with Crippen molar-refractivity contribution in [3.05, 3.63) is 88.0 Å². The molecule has 60 heavy (non-hydrogen) atoms. The van der Waals surface area contributed by atoms with Gasteiger partial charge in [-0.05, 0) is 119 Å². The fourth-order valence-corrected chi connectivity index (χ4v) is 10.3. The number of aromatic nitrogens is 4. The first-order valence-electron chi connectivity index (χ1n) is 21.1. The number of nitrogens with one attached hydrogen (secondary N) is 2. The summed E-state index contributed by atoms with van der Waals surface area (Å²) in [5, 5.41) is 11.0. The molecule has 15 heteroatoms. The van der Waals surface area contributed by atoms with Gasteiger partial charge >= 0.3 is 5.69 Å². The minimum absolute atomic E-state index is 0.0574. The number of benzene rings is 3. The first kappa shape index (κ1) is 39.5. The Kier molecular flexibility index (Phi) is 10.4. The van der Waals surface area contributed by atoms with E-state index in [0.717, 1.165) is 111 Å². The molecule has 3 aromatic carbocycles. The van der Waals surface area contributed by atoms with Crippen molar-refractivity contribution < 1.29 is 23.5 Å². The summed E-state index contributed by atoms with van der Waals surface area (Å²) in [7, 11) is 3.30. The minimum atomic E-state index is -0.696. The van der Waals surface area contributed by atoms with E-state index in [4.69, 9.17) is 16.4 Å². The average Bonchev–Trinajstić information content (AvgIpc) is 3.78. The minimum Gasteiger partial charge on any atom is -0.494 e. The predicted molar refractivity (Wildman–Crippen MR) is 226 cm³/mol. The zero-order chi connectivity index (χ0) is 41.7. The number of rotatable bonds is 8. The quantitative estimate of drug-likeness (QED) is 0.130. The summed E-state index contributed by atoms with van der Waals surface area (Å²) in [6.07, 6.45) is 11.6. The summed E-state index contributed by atoms with van der Waals surface area (Å²) in [6, 6.07) is 12.8. The van der Waals surface area contributed by atoms with Crippen LogP contribution in [-0.2, 0) is 16.6 Å². The number of imidazole rings is 1. The second kappa shape index (κ2) is 15.9. The maximum absolute atomic E-state index is 14.0. The molecule has 14 nitrogen and oxygen atoms in total. The van der Waals surface area contributed by atoms with Crippen molar-refractivity contribution in [1.82, 2.24) is 29.1 Å². The Balaban J connectivity index is 0.778. The van der Waals surface area contributed by atoms with Crippen LogP contribution >= 0.6 is 0 Å². The lowest BCUT2D eigenvalue weighted by molar-refractivity contribution is -0.135. The molecule has 1 saturated carbocycles. The van der Waals surface area contributed by atoms with Gasteiger partial charge in [-0.3, -0.25) is 33.5 Å². The van der Waals surface area contributed by atoms with Gasteiger partial charge in [-0.25, -0.2) is 14.0 Å². The number of nitrogens with zero attached hydrogens (tertiary/aromatic N) is 7. The Morgan fingerprint density at radius 1 is 1.00 bits per heavy atom. The number of hydrogen-bond donors (Lipinski definition) is 2. The SMILES string of the molecule is [C-]#[N+]c1cc(F)cc(C(=O)Nc2cc3cn(C4CCC(CN5CCC6(CC5)CCN(c5cccc7c5n(C)c(=O)n7C5CCC(=O)NC5=O)CC6)CC4)nc3cc2OC)c1. The van der Waals surface area contributed by atoms with Crippen LogP contribution in [0.25, 0.3) is 26.8 Å². The van der Waals surface area contributed by atoms with E-state index in [9.17, 15) is 23.6 Å². The highest BCUT2D eigenvalue weighted by atomic mass is 19.1. The standard InChI is InChI=1S/C45H50FN9O5/c1-47-32-22-29(21-31(46)24-32)42(57)48-35-23-30-27-54(50-34(30)25-39(35)60-3)33-9-7-28(8-10-33)26-52-17-13-45(14-18-52)15-19-53(20-16-45)36-5-4-6-37-41(36)51(2)44(59)55(37)38-11-12-40(56)49-43(38)58/h4-6,21-25,27-28,33,38H,7-20,26H2,2-3H3,(H,48,57)(H,49,56,58). The molecule has 3 aliphatic heterocycles. The largest absolute Gasteiger partial charge is 0.494 e. The molecule has 2 aromatic heterocycles. The van der Waals surface area contributed by atoms with Gasteiger partial charge in [0.05, 0.1) is 47.6 Å². The normalized spacial score (nSPS) is 22.2. The van der Waals surface area contributed by atoms with Crippen molar-refractivity contribution >= 4 is 56.7 Å². The van der Waals surface area contributed by atoms with Gasteiger partial charge < -0.3 is 19.9 Å². The van der Waals surface area contributed by atoms with E-state index in [1.54, 1.807) is 16.2 Å². The van der Waals surface area contributed by atoms with Crippen molar-refractivity contribution in [2.24, 2.45) is 18.4 Å². The molecule has 5 aromatic rings. The molecule has 2 N–H and O–H groups in total. The van der Waals surface area contributed by atoms with Crippen LogP contribution in [0.2, 0.25) is 0 Å².